The van der Waals surface area contributed by atoms with Crippen LogP contribution in [0.3, 0.4) is 0 Å². The molecule has 0 aliphatic rings. The van der Waals surface area contributed by atoms with Gasteiger partial charge in [0, 0.05) is 6.54 Å². The van der Waals surface area contributed by atoms with E-state index in [0.29, 0.717) is 5.56 Å². The van der Waals surface area contributed by atoms with Crippen molar-refractivity contribution in [2.24, 2.45) is 5.92 Å². The summed E-state index contributed by atoms with van der Waals surface area (Å²) in [7, 11) is -4.03. The maximum absolute atomic E-state index is 13.3. The summed E-state index contributed by atoms with van der Waals surface area (Å²) in [5.41, 5.74) is 0.380. The fraction of sp³-hybridized carbons (Fsp3) is 0.462. The molecule has 0 unspecified atom stereocenters. The van der Waals surface area contributed by atoms with Crippen LogP contribution in [0, 0.1) is 18.7 Å². The number of hydrogen-bond donors (Lipinski definition) is 1. The molecule has 1 aromatic rings. The molecule has 0 spiro atoms. The van der Waals surface area contributed by atoms with E-state index in [1.54, 1.807) is 20.8 Å². The molecule has 7 heteroatoms. The number of halogens is 1. The molecule has 0 radical (unpaired) electrons. The Morgan fingerprint density at radius 3 is 2.50 bits per heavy atom. The Hall–Kier alpha value is -1.47. The number of carboxylic acids is 1. The highest BCUT2D eigenvalue weighted by Crippen LogP contribution is 2.21. The number of carboxylic acid groups (broad SMARTS) is 1. The molecule has 0 fully saturated rings. The molecule has 1 N–H and O–H groups in total. The van der Waals surface area contributed by atoms with Crippen molar-refractivity contribution in [1.29, 1.82) is 0 Å². The van der Waals surface area contributed by atoms with Gasteiger partial charge in [0.1, 0.15) is 12.4 Å². The van der Waals surface area contributed by atoms with Crippen molar-refractivity contribution in [2.45, 2.75) is 25.7 Å². The Morgan fingerprint density at radius 2 is 2.00 bits per heavy atom. The maximum atomic E-state index is 13.3. The van der Waals surface area contributed by atoms with Crippen molar-refractivity contribution in [3.8, 4) is 0 Å². The van der Waals surface area contributed by atoms with Crippen molar-refractivity contribution < 1.29 is 22.7 Å². The topological polar surface area (TPSA) is 74.7 Å². The highest BCUT2D eigenvalue weighted by atomic mass is 32.2. The van der Waals surface area contributed by atoms with Gasteiger partial charge in [-0.25, -0.2) is 12.8 Å². The van der Waals surface area contributed by atoms with Crippen LogP contribution in [-0.2, 0) is 14.8 Å². The normalized spacial score (nSPS) is 12.1. The van der Waals surface area contributed by atoms with Gasteiger partial charge >= 0.3 is 5.97 Å². The smallest absolute Gasteiger partial charge is 0.318 e. The van der Waals surface area contributed by atoms with Crippen LogP contribution >= 0.6 is 0 Å². The molecule has 0 saturated carbocycles. The molecule has 0 bridgehead atoms. The highest BCUT2D eigenvalue weighted by Gasteiger charge is 2.28. The minimum atomic E-state index is -4.03. The quantitative estimate of drug-likeness (QED) is 0.870. The molecule has 0 aliphatic carbocycles. The molecular formula is C13H18FNO4S. The minimum Gasteiger partial charge on any atom is -0.480 e. The monoisotopic (exact) mass is 303 g/mol. The van der Waals surface area contributed by atoms with E-state index < -0.39 is 28.4 Å². The molecule has 0 heterocycles. The first-order valence-corrected chi connectivity index (χ1v) is 7.56. The van der Waals surface area contributed by atoms with Gasteiger partial charge in [0.05, 0.1) is 4.90 Å². The summed E-state index contributed by atoms with van der Waals surface area (Å²) in [5.74, 6) is -1.96. The zero-order valence-electron chi connectivity index (χ0n) is 11.6. The van der Waals surface area contributed by atoms with Crippen LogP contribution in [0.15, 0.2) is 23.1 Å². The molecule has 0 atom stereocenters. The summed E-state index contributed by atoms with van der Waals surface area (Å²) >= 11 is 0. The van der Waals surface area contributed by atoms with Crippen molar-refractivity contribution in [3.63, 3.8) is 0 Å². The summed E-state index contributed by atoms with van der Waals surface area (Å²) < 4.78 is 39.1. The van der Waals surface area contributed by atoms with E-state index in [1.807, 2.05) is 0 Å². The number of nitrogens with zero attached hydrogens (tertiary/aromatic N) is 1. The van der Waals surface area contributed by atoms with Gasteiger partial charge in [0.25, 0.3) is 0 Å². The zero-order chi connectivity index (χ0) is 15.5. The van der Waals surface area contributed by atoms with Crippen molar-refractivity contribution in [2.75, 3.05) is 13.1 Å². The van der Waals surface area contributed by atoms with Crippen LogP contribution in [0.4, 0.5) is 4.39 Å². The van der Waals surface area contributed by atoms with Gasteiger partial charge in [0.2, 0.25) is 10.0 Å². The lowest BCUT2D eigenvalue weighted by Crippen LogP contribution is -2.38. The largest absolute Gasteiger partial charge is 0.480 e. The Bertz CT molecular complexity index is 598. The number of sulfonamides is 1. The van der Waals surface area contributed by atoms with Crippen molar-refractivity contribution in [3.05, 3.63) is 29.6 Å². The average Bonchev–Trinajstić information content (AvgIpc) is 2.30. The maximum Gasteiger partial charge on any atom is 0.318 e. The Kier molecular flexibility index (Phi) is 5.24. The van der Waals surface area contributed by atoms with Crippen LogP contribution < -0.4 is 0 Å². The first kappa shape index (κ1) is 16.6. The van der Waals surface area contributed by atoms with E-state index in [4.69, 9.17) is 5.11 Å². The number of carbonyl (C=O) groups is 1. The summed E-state index contributed by atoms with van der Waals surface area (Å²) in [6.07, 6.45) is 0. The van der Waals surface area contributed by atoms with Gasteiger partial charge < -0.3 is 5.11 Å². The predicted molar refractivity (Wildman–Crippen MR) is 72.4 cm³/mol. The standard InChI is InChI=1S/C13H18FNO4S/c1-9(2)7-15(8-13(16)17)20(18,19)12-6-11(14)5-4-10(12)3/h4-6,9H,7-8H2,1-3H3,(H,16,17). The van der Waals surface area contributed by atoms with Gasteiger partial charge in [-0.3, -0.25) is 4.79 Å². The average molecular weight is 303 g/mol. The minimum absolute atomic E-state index is 0.0435. The second-order valence-corrected chi connectivity index (χ2v) is 6.90. The van der Waals surface area contributed by atoms with E-state index in [2.05, 4.69) is 0 Å². The molecule has 1 aromatic carbocycles. The lowest BCUT2D eigenvalue weighted by atomic mass is 10.2. The third kappa shape index (κ3) is 4.01. The zero-order valence-corrected chi connectivity index (χ0v) is 12.4. The number of rotatable bonds is 6. The van der Waals surface area contributed by atoms with Crippen LogP contribution in [0.1, 0.15) is 19.4 Å². The van der Waals surface area contributed by atoms with E-state index in [-0.39, 0.29) is 17.4 Å². The number of hydrogen-bond acceptors (Lipinski definition) is 3. The van der Waals surface area contributed by atoms with Crippen LogP contribution in [0.2, 0.25) is 0 Å². The lowest BCUT2D eigenvalue weighted by Gasteiger charge is -2.23. The van der Waals surface area contributed by atoms with Crippen LogP contribution in [-0.4, -0.2) is 36.9 Å². The van der Waals surface area contributed by atoms with Crippen LogP contribution in [0.5, 0.6) is 0 Å². The molecule has 0 aliphatic heterocycles. The van der Waals surface area contributed by atoms with Crippen molar-refractivity contribution in [1.82, 2.24) is 4.31 Å². The summed E-state index contributed by atoms with van der Waals surface area (Å²) in [5, 5.41) is 8.85. The molecule has 0 amide bonds. The molecule has 112 valence electrons. The molecule has 1 rings (SSSR count). The van der Waals surface area contributed by atoms with E-state index in [9.17, 15) is 17.6 Å². The second-order valence-electron chi connectivity index (χ2n) is 4.99. The van der Waals surface area contributed by atoms with Gasteiger partial charge in [-0.1, -0.05) is 19.9 Å². The first-order valence-electron chi connectivity index (χ1n) is 6.12. The third-order valence-electron chi connectivity index (χ3n) is 2.65. The van der Waals surface area contributed by atoms with Gasteiger partial charge in [-0.15, -0.1) is 0 Å². The molecule has 20 heavy (non-hydrogen) atoms. The fourth-order valence-electron chi connectivity index (χ4n) is 1.80. The van der Waals surface area contributed by atoms with Gasteiger partial charge in [-0.05, 0) is 30.5 Å². The van der Waals surface area contributed by atoms with Gasteiger partial charge in [0.15, 0.2) is 0 Å². The Labute approximate surface area is 118 Å². The van der Waals surface area contributed by atoms with E-state index in [0.717, 1.165) is 10.4 Å². The molecule has 0 saturated heterocycles. The second kappa shape index (κ2) is 6.32. The summed E-state index contributed by atoms with van der Waals surface area (Å²) in [6, 6.07) is 3.44. The molecular weight excluding hydrogens is 285 g/mol. The number of aliphatic carboxylic acids is 1. The highest BCUT2D eigenvalue weighted by molar-refractivity contribution is 7.89. The fourth-order valence-corrected chi connectivity index (χ4v) is 3.59. The van der Waals surface area contributed by atoms with E-state index >= 15 is 0 Å². The molecule has 5 nitrogen and oxygen atoms in total. The van der Waals surface area contributed by atoms with Crippen LogP contribution in [0.25, 0.3) is 0 Å². The Balaban J connectivity index is 3.28. The predicted octanol–water partition coefficient (Wildman–Crippen LogP) is 1.87. The van der Waals surface area contributed by atoms with E-state index in [1.165, 1.54) is 12.1 Å². The SMILES string of the molecule is Cc1ccc(F)cc1S(=O)(=O)N(CC(=O)O)CC(C)C. The first-order chi connectivity index (χ1) is 9.14. The summed E-state index contributed by atoms with van der Waals surface area (Å²) in [6.45, 7) is 4.52. The molecule has 0 aromatic heterocycles. The van der Waals surface area contributed by atoms with Gasteiger partial charge in [-0.2, -0.15) is 4.31 Å². The number of aryl methyl sites for hydroxylation is 1. The lowest BCUT2D eigenvalue weighted by molar-refractivity contribution is -0.137. The summed E-state index contributed by atoms with van der Waals surface area (Å²) in [4.78, 5) is 10.6. The van der Waals surface area contributed by atoms with Crippen molar-refractivity contribution >= 4 is 16.0 Å². The third-order valence-corrected chi connectivity index (χ3v) is 4.60. The number of benzene rings is 1. The Morgan fingerprint density at radius 1 is 1.40 bits per heavy atom.